The van der Waals surface area contributed by atoms with Gasteiger partial charge >= 0.3 is 0 Å². The first kappa shape index (κ1) is 12.5. The summed E-state index contributed by atoms with van der Waals surface area (Å²) in [6, 6.07) is 7.35. The van der Waals surface area contributed by atoms with Crippen molar-refractivity contribution in [3.05, 3.63) is 24.3 Å². The van der Waals surface area contributed by atoms with Crippen LogP contribution in [0.1, 0.15) is 6.92 Å². The van der Waals surface area contributed by atoms with Crippen LogP contribution < -0.4 is 11.1 Å². The zero-order chi connectivity index (χ0) is 13.2. The topological polar surface area (TPSA) is 104 Å². The molecule has 5 N–H and O–H groups in total. The van der Waals surface area contributed by atoms with Gasteiger partial charge in [-0.15, -0.1) is 0 Å². The van der Waals surface area contributed by atoms with E-state index < -0.39 is 5.54 Å². The fourth-order valence-electron chi connectivity index (χ4n) is 1.52. The standard InChI is InChI=1S/C12H16N4O2/c1-12(6-17,7-18)16-11-10(13)14-8-4-2-3-5-9(8)15-11/h2-5,17-18H,6-7H2,1H3,(H2,13,14)(H,15,16). The SMILES string of the molecule is CC(CO)(CO)Nc1nc2ccccc2nc1N. The highest BCUT2D eigenvalue weighted by Gasteiger charge is 2.23. The Kier molecular flexibility index (Phi) is 3.31. The van der Waals surface area contributed by atoms with Crippen LogP contribution in [0.4, 0.5) is 11.6 Å². The van der Waals surface area contributed by atoms with E-state index in [2.05, 4.69) is 15.3 Å². The molecule has 6 nitrogen and oxygen atoms in total. The largest absolute Gasteiger partial charge is 0.394 e. The fraction of sp³-hybridized carbons (Fsp3) is 0.333. The van der Waals surface area contributed by atoms with Crippen LogP contribution in [0.2, 0.25) is 0 Å². The Morgan fingerprint density at radius 3 is 2.28 bits per heavy atom. The summed E-state index contributed by atoms with van der Waals surface area (Å²) in [5.74, 6) is 0.598. The number of fused-ring (bicyclic) bond motifs is 1. The van der Waals surface area contributed by atoms with E-state index in [9.17, 15) is 10.2 Å². The summed E-state index contributed by atoms with van der Waals surface area (Å²) < 4.78 is 0. The number of hydrogen-bond acceptors (Lipinski definition) is 6. The maximum absolute atomic E-state index is 9.24. The lowest BCUT2D eigenvalue weighted by Crippen LogP contribution is -2.43. The van der Waals surface area contributed by atoms with Gasteiger partial charge in [0.05, 0.1) is 29.8 Å². The third-order valence-electron chi connectivity index (χ3n) is 2.72. The smallest absolute Gasteiger partial charge is 0.170 e. The Bertz CT molecular complexity index is 555. The average molecular weight is 248 g/mol. The van der Waals surface area contributed by atoms with E-state index in [1.54, 1.807) is 6.92 Å². The summed E-state index contributed by atoms with van der Waals surface area (Å²) in [4.78, 5) is 8.55. The van der Waals surface area contributed by atoms with Crippen molar-refractivity contribution >= 4 is 22.7 Å². The Labute approximate surface area is 104 Å². The van der Waals surface area contributed by atoms with Gasteiger partial charge in [-0.3, -0.25) is 0 Å². The van der Waals surface area contributed by atoms with Crippen molar-refractivity contribution in [3.8, 4) is 0 Å². The number of para-hydroxylation sites is 2. The zero-order valence-electron chi connectivity index (χ0n) is 10.1. The monoisotopic (exact) mass is 248 g/mol. The van der Waals surface area contributed by atoms with Gasteiger partial charge in [0.1, 0.15) is 0 Å². The molecule has 0 amide bonds. The molecule has 1 aromatic heterocycles. The van der Waals surface area contributed by atoms with Gasteiger partial charge in [-0.2, -0.15) is 0 Å². The van der Waals surface area contributed by atoms with Crippen LogP contribution in [-0.4, -0.2) is 38.9 Å². The Hall–Kier alpha value is -1.92. The van der Waals surface area contributed by atoms with E-state index in [4.69, 9.17) is 5.73 Å². The average Bonchev–Trinajstić information content (AvgIpc) is 2.39. The van der Waals surface area contributed by atoms with E-state index in [1.807, 2.05) is 24.3 Å². The number of aromatic nitrogens is 2. The first-order chi connectivity index (χ1) is 8.58. The quantitative estimate of drug-likeness (QED) is 0.623. The van der Waals surface area contributed by atoms with Crippen molar-refractivity contribution in [2.75, 3.05) is 24.3 Å². The molecular formula is C12H16N4O2. The van der Waals surface area contributed by atoms with Crippen LogP contribution in [0.15, 0.2) is 24.3 Å². The first-order valence-electron chi connectivity index (χ1n) is 5.60. The lowest BCUT2D eigenvalue weighted by molar-refractivity contribution is 0.147. The van der Waals surface area contributed by atoms with Gasteiger partial charge in [0.2, 0.25) is 0 Å². The van der Waals surface area contributed by atoms with Crippen LogP contribution in [0.5, 0.6) is 0 Å². The summed E-state index contributed by atoms with van der Waals surface area (Å²) in [7, 11) is 0. The molecular weight excluding hydrogens is 232 g/mol. The summed E-state index contributed by atoms with van der Waals surface area (Å²) in [6.45, 7) is 1.19. The number of nitrogens with zero attached hydrogens (tertiary/aromatic N) is 2. The summed E-state index contributed by atoms with van der Waals surface area (Å²) in [5, 5.41) is 21.4. The van der Waals surface area contributed by atoms with E-state index in [1.165, 1.54) is 0 Å². The van der Waals surface area contributed by atoms with Gasteiger partial charge in [-0.25, -0.2) is 9.97 Å². The second kappa shape index (κ2) is 4.75. The maximum atomic E-state index is 9.24. The second-order valence-electron chi connectivity index (χ2n) is 4.45. The molecule has 18 heavy (non-hydrogen) atoms. The maximum Gasteiger partial charge on any atom is 0.170 e. The summed E-state index contributed by atoms with van der Waals surface area (Å²) in [5.41, 5.74) is 6.33. The van der Waals surface area contributed by atoms with E-state index in [-0.39, 0.29) is 19.0 Å². The predicted octanol–water partition coefficient (Wildman–Crippen LogP) is 0.367. The molecule has 0 aliphatic heterocycles. The molecule has 0 unspecified atom stereocenters. The number of nitrogen functional groups attached to an aromatic ring is 1. The van der Waals surface area contributed by atoms with Crippen LogP contribution in [0.25, 0.3) is 11.0 Å². The molecule has 2 aromatic rings. The van der Waals surface area contributed by atoms with Crippen molar-refractivity contribution in [1.29, 1.82) is 0 Å². The van der Waals surface area contributed by atoms with Gasteiger partial charge in [-0.1, -0.05) is 12.1 Å². The van der Waals surface area contributed by atoms with Crippen molar-refractivity contribution in [2.24, 2.45) is 0 Å². The highest BCUT2D eigenvalue weighted by Crippen LogP contribution is 2.21. The molecule has 0 spiro atoms. The number of anilines is 2. The minimum Gasteiger partial charge on any atom is -0.394 e. The summed E-state index contributed by atoms with van der Waals surface area (Å²) in [6.07, 6.45) is 0. The zero-order valence-corrected chi connectivity index (χ0v) is 10.1. The number of nitrogens with two attached hydrogens (primary N) is 1. The number of hydrogen-bond donors (Lipinski definition) is 4. The number of aliphatic hydroxyl groups excluding tert-OH is 2. The van der Waals surface area contributed by atoms with Crippen LogP contribution in [0.3, 0.4) is 0 Å². The minimum absolute atomic E-state index is 0.238. The Morgan fingerprint density at radius 2 is 1.72 bits per heavy atom. The molecule has 0 fully saturated rings. The van der Waals surface area contributed by atoms with E-state index >= 15 is 0 Å². The predicted molar refractivity (Wildman–Crippen MR) is 70.1 cm³/mol. The number of nitrogens with one attached hydrogen (secondary N) is 1. The van der Waals surface area contributed by atoms with Crippen molar-refractivity contribution < 1.29 is 10.2 Å². The van der Waals surface area contributed by atoms with Gasteiger partial charge in [0, 0.05) is 0 Å². The molecule has 0 saturated heterocycles. The van der Waals surface area contributed by atoms with Gasteiger partial charge in [0.25, 0.3) is 0 Å². The molecule has 1 aromatic carbocycles. The molecule has 0 radical (unpaired) electrons. The molecule has 1 heterocycles. The third-order valence-corrected chi connectivity index (χ3v) is 2.72. The van der Waals surface area contributed by atoms with Gasteiger partial charge in [-0.05, 0) is 19.1 Å². The molecule has 0 aliphatic carbocycles. The number of rotatable bonds is 4. The number of benzene rings is 1. The van der Waals surface area contributed by atoms with Crippen LogP contribution in [0, 0.1) is 0 Å². The molecule has 2 rings (SSSR count). The van der Waals surface area contributed by atoms with Gasteiger partial charge in [0.15, 0.2) is 11.6 Å². The molecule has 0 saturated carbocycles. The fourth-order valence-corrected chi connectivity index (χ4v) is 1.52. The normalized spacial score (nSPS) is 11.7. The van der Waals surface area contributed by atoms with Crippen LogP contribution >= 0.6 is 0 Å². The lowest BCUT2D eigenvalue weighted by Gasteiger charge is -2.27. The molecule has 0 bridgehead atoms. The lowest BCUT2D eigenvalue weighted by atomic mass is 10.1. The van der Waals surface area contributed by atoms with Gasteiger partial charge < -0.3 is 21.3 Å². The molecule has 6 heteroatoms. The molecule has 0 atom stereocenters. The van der Waals surface area contributed by atoms with Crippen molar-refractivity contribution in [2.45, 2.75) is 12.5 Å². The Balaban J connectivity index is 2.42. The van der Waals surface area contributed by atoms with Crippen LogP contribution in [-0.2, 0) is 0 Å². The number of aliphatic hydroxyl groups is 2. The minimum atomic E-state index is -0.884. The third kappa shape index (κ3) is 2.34. The van der Waals surface area contributed by atoms with Crippen molar-refractivity contribution in [1.82, 2.24) is 9.97 Å². The Morgan fingerprint density at radius 1 is 1.17 bits per heavy atom. The summed E-state index contributed by atoms with van der Waals surface area (Å²) >= 11 is 0. The second-order valence-corrected chi connectivity index (χ2v) is 4.45. The highest BCUT2D eigenvalue weighted by atomic mass is 16.3. The highest BCUT2D eigenvalue weighted by molar-refractivity contribution is 5.79. The molecule has 96 valence electrons. The van der Waals surface area contributed by atoms with E-state index in [0.717, 1.165) is 0 Å². The van der Waals surface area contributed by atoms with E-state index in [0.29, 0.717) is 16.9 Å². The first-order valence-corrected chi connectivity index (χ1v) is 5.60. The molecule has 0 aliphatic rings. The van der Waals surface area contributed by atoms with Crippen molar-refractivity contribution in [3.63, 3.8) is 0 Å².